The predicted molar refractivity (Wildman–Crippen MR) is 76.8 cm³/mol. The van der Waals surface area contributed by atoms with E-state index in [0.717, 1.165) is 11.0 Å². The van der Waals surface area contributed by atoms with Crippen molar-refractivity contribution in [3.05, 3.63) is 40.3 Å². The summed E-state index contributed by atoms with van der Waals surface area (Å²) < 4.78 is 1.70. The standard InChI is InChI=1S/C15H18N2O3/c1-10(2)9-17-13-6-4-3-5-11(13)16-12(15(17)20)7-8-14(18)19/h3-6,10H,7-9H2,1-2H3,(H,18,19). The zero-order valence-electron chi connectivity index (χ0n) is 11.7. The number of hydrogen-bond donors (Lipinski definition) is 1. The molecule has 1 N–H and O–H groups in total. The van der Waals surface area contributed by atoms with Gasteiger partial charge in [-0.1, -0.05) is 26.0 Å². The number of rotatable bonds is 5. The molecule has 1 aromatic heterocycles. The van der Waals surface area contributed by atoms with Crippen molar-refractivity contribution in [2.45, 2.75) is 33.2 Å². The fraction of sp³-hybridized carbons (Fsp3) is 0.400. The molecule has 1 aromatic carbocycles. The Morgan fingerprint density at radius 1 is 1.35 bits per heavy atom. The lowest BCUT2D eigenvalue weighted by molar-refractivity contribution is -0.136. The second kappa shape index (κ2) is 5.86. The molecule has 0 aliphatic carbocycles. The summed E-state index contributed by atoms with van der Waals surface area (Å²) in [6.45, 7) is 4.68. The fourth-order valence-corrected chi connectivity index (χ4v) is 2.18. The van der Waals surface area contributed by atoms with E-state index >= 15 is 0 Å². The van der Waals surface area contributed by atoms with Gasteiger partial charge in [0, 0.05) is 13.0 Å². The van der Waals surface area contributed by atoms with Crippen LogP contribution in [0.2, 0.25) is 0 Å². The van der Waals surface area contributed by atoms with E-state index in [1.54, 1.807) is 4.57 Å². The van der Waals surface area contributed by atoms with E-state index in [0.29, 0.717) is 18.2 Å². The van der Waals surface area contributed by atoms with Gasteiger partial charge in [-0.25, -0.2) is 4.98 Å². The zero-order valence-corrected chi connectivity index (χ0v) is 11.7. The molecule has 0 atom stereocenters. The number of para-hydroxylation sites is 2. The van der Waals surface area contributed by atoms with Crippen LogP contribution in [-0.2, 0) is 17.8 Å². The van der Waals surface area contributed by atoms with Crippen molar-refractivity contribution in [1.29, 1.82) is 0 Å². The van der Waals surface area contributed by atoms with Crippen molar-refractivity contribution in [3.63, 3.8) is 0 Å². The van der Waals surface area contributed by atoms with E-state index in [1.807, 2.05) is 38.1 Å². The second-order valence-corrected chi connectivity index (χ2v) is 5.25. The molecule has 0 amide bonds. The molecule has 106 valence electrons. The first kappa shape index (κ1) is 14.2. The Balaban J connectivity index is 2.56. The van der Waals surface area contributed by atoms with Gasteiger partial charge in [0.05, 0.1) is 17.5 Å². The quantitative estimate of drug-likeness (QED) is 0.906. The lowest BCUT2D eigenvalue weighted by Crippen LogP contribution is -2.28. The van der Waals surface area contributed by atoms with E-state index < -0.39 is 5.97 Å². The number of aryl methyl sites for hydroxylation is 1. The summed E-state index contributed by atoms with van der Waals surface area (Å²) >= 11 is 0. The van der Waals surface area contributed by atoms with Gasteiger partial charge in [-0.05, 0) is 18.1 Å². The number of fused-ring (bicyclic) bond motifs is 1. The number of carboxylic acids is 1. The average molecular weight is 274 g/mol. The van der Waals surface area contributed by atoms with Crippen LogP contribution in [0.4, 0.5) is 0 Å². The molecule has 5 nitrogen and oxygen atoms in total. The van der Waals surface area contributed by atoms with Gasteiger partial charge in [0.2, 0.25) is 0 Å². The molecule has 0 radical (unpaired) electrons. The van der Waals surface area contributed by atoms with E-state index in [2.05, 4.69) is 4.98 Å². The largest absolute Gasteiger partial charge is 0.481 e. The number of aromatic nitrogens is 2. The molecule has 0 aliphatic heterocycles. The number of benzene rings is 1. The Hall–Kier alpha value is -2.17. The number of carbonyl (C=O) groups is 1. The molecule has 0 fully saturated rings. The molecule has 1 heterocycles. The summed E-state index contributed by atoms with van der Waals surface area (Å²) in [5, 5.41) is 8.76. The highest BCUT2D eigenvalue weighted by Gasteiger charge is 2.12. The predicted octanol–water partition coefficient (Wildman–Crippen LogP) is 2.07. The molecule has 0 saturated heterocycles. The van der Waals surface area contributed by atoms with Crippen molar-refractivity contribution in [2.24, 2.45) is 5.92 Å². The highest BCUT2D eigenvalue weighted by molar-refractivity contribution is 5.74. The summed E-state index contributed by atoms with van der Waals surface area (Å²) in [4.78, 5) is 27.4. The Kier molecular flexibility index (Phi) is 4.17. The Morgan fingerprint density at radius 3 is 2.70 bits per heavy atom. The lowest BCUT2D eigenvalue weighted by Gasteiger charge is -2.13. The molecular weight excluding hydrogens is 256 g/mol. The molecule has 2 rings (SSSR count). The van der Waals surface area contributed by atoms with Gasteiger partial charge >= 0.3 is 5.97 Å². The van der Waals surface area contributed by atoms with E-state index in [9.17, 15) is 9.59 Å². The summed E-state index contributed by atoms with van der Waals surface area (Å²) in [5.74, 6) is -0.597. The molecule has 0 aliphatic rings. The van der Waals surface area contributed by atoms with Gasteiger partial charge in [-0.3, -0.25) is 9.59 Å². The van der Waals surface area contributed by atoms with Crippen LogP contribution in [0.1, 0.15) is 26.0 Å². The lowest BCUT2D eigenvalue weighted by atomic mass is 10.2. The second-order valence-electron chi connectivity index (χ2n) is 5.25. The van der Waals surface area contributed by atoms with Crippen LogP contribution < -0.4 is 5.56 Å². The summed E-state index contributed by atoms with van der Waals surface area (Å²) in [5.41, 5.74) is 1.67. The zero-order chi connectivity index (χ0) is 14.7. The van der Waals surface area contributed by atoms with Crippen molar-refractivity contribution < 1.29 is 9.90 Å². The minimum absolute atomic E-state index is 0.0811. The minimum Gasteiger partial charge on any atom is -0.481 e. The first-order chi connectivity index (χ1) is 9.49. The smallest absolute Gasteiger partial charge is 0.303 e. The van der Waals surface area contributed by atoms with Crippen LogP contribution in [0, 0.1) is 5.92 Å². The summed E-state index contributed by atoms with van der Waals surface area (Å²) in [6.07, 6.45) is 0.0827. The van der Waals surface area contributed by atoms with Crippen molar-refractivity contribution in [1.82, 2.24) is 9.55 Å². The number of nitrogens with zero attached hydrogens (tertiary/aromatic N) is 2. The van der Waals surface area contributed by atoms with Crippen LogP contribution in [0.3, 0.4) is 0 Å². The third-order valence-electron chi connectivity index (χ3n) is 3.04. The van der Waals surface area contributed by atoms with Gasteiger partial charge in [-0.15, -0.1) is 0 Å². The monoisotopic (exact) mass is 274 g/mol. The molecular formula is C15H18N2O3. The van der Waals surface area contributed by atoms with Crippen LogP contribution in [0.15, 0.2) is 29.1 Å². The van der Waals surface area contributed by atoms with Gasteiger partial charge in [0.15, 0.2) is 0 Å². The number of hydrogen-bond acceptors (Lipinski definition) is 3. The topological polar surface area (TPSA) is 72.2 Å². The van der Waals surface area contributed by atoms with Crippen LogP contribution in [-0.4, -0.2) is 20.6 Å². The maximum atomic E-state index is 12.4. The molecule has 0 saturated carbocycles. The molecule has 20 heavy (non-hydrogen) atoms. The minimum atomic E-state index is -0.922. The summed E-state index contributed by atoms with van der Waals surface area (Å²) in [6, 6.07) is 7.45. The highest BCUT2D eigenvalue weighted by atomic mass is 16.4. The molecule has 2 aromatic rings. The summed E-state index contributed by atoms with van der Waals surface area (Å²) in [7, 11) is 0. The fourth-order valence-electron chi connectivity index (χ4n) is 2.18. The van der Waals surface area contributed by atoms with Gasteiger partial charge in [0.25, 0.3) is 5.56 Å². The Bertz CT molecular complexity index is 689. The Morgan fingerprint density at radius 2 is 2.05 bits per heavy atom. The van der Waals surface area contributed by atoms with E-state index in [4.69, 9.17) is 5.11 Å². The SMILES string of the molecule is CC(C)Cn1c(=O)c(CCC(=O)O)nc2ccccc21. The molecule has 5 heteroatoms. The number of aliphatic carboxylic acids is 1. The molecule has 0 bridgehead atoms. The normalized spacial score (nSPS) is 11.2. The highest BCUT2D eigenvalue weighted by Crippen LogP contribution is 2.12. The van der Waals surface area contributed by atoms with Crippen molar-refractivity contribution in [2.75, 3.05) is 0 Å². The van der Waals surface area contributed by atoms with Crippen LogP contribution in [0.5, 0.6) is 0 Å². The number of carboxylic acid groups (broad SMARTS) is 1. The van der Waals surface area contributed by atoms with Gasteiger partial charge in [0.1, 0.15) is 5.69 Å². The van der Waals surface area contributed by atoms with Gasteiger partial charge in [-0.2, -0.15) is 0 Å². The third kappa shape index (κ3) is 3.04. The van der Waals surface area contributed by atoms with Crippen LogP contribution in [0.25, 0.3) is 11.0 Å². The average Bonchev–Trinajstić information content (AvgIpc) is 2.39. The van der Waals surface area contributed by atoms with E-state index in [1.165, 1.54) is 0 Å². The van der Waals surface area contributed by atoms with E-state index in [-0.39, 0.29) is 18.4 Å². The molecule has 0 spiro atoms. The van der Waals surface area contributed by atoms with Crippen molar-refractivity contribution in [3.8, 4) is 0 Å². The maximum absolute atomic E-state index is 12.4. The molecule has 0 unspecified atom stereocenters. The first-order valence-corrected chi connectivity index (χ1v) is 6.69. The maximum Gasteiger partial charge on any atom is 0.303 e. The van der Waals surface area contributed by atoms with Crippen molar-refractivity contribution >= 4 is 17.0 Å². The Labute approximate surface area is 116 Å². The van der Waals surface area contributed by atoms with Gasteiger partial charge < -0.3 is 9.67 Å². The first-order valence-electron chi connectivity index (χ1n) is 6.69. The third-order valence-corrected chi connectivity index (χ3v) is 3.04. The van der Waals surface area contributed by atoms with Crippen LogP contribution >= 0.6 is 0 Å².